The first-order valence-corrected chi connectivity index (χ1v) is 11.9. The zero-order valence-corrected chi connectivity index (χ0v) is 19.0. The van der Waals surface area contributed by atoms with Crippen LogP contribution in [0, 0.1) is 0 Å². The number of benzene rings is 2. The number of piperazine rings is 1. The second-order valence-electron chi connectivity index (χ2n) is 9.24. The van der Waals surface area contributed by atoms with Crippen molar-refractivity contribution in [2.75, 3.05) is 43.9 Å². The number of aliphatic imine (C=N–C) groups is 1. The SMILES string of the molecule is CN1CCN(C2CCC3(CC2)Nc2ccccc2NC3=NCc2cccc(Cl)c2)CC1. The third kappa shape index (κ3) is 4.45. The van der Waals surface area contributed by atoms with Gasteiger partial charge in [-0.2, -0.15) is 0 Å². The van der Waals surface area contributed by atoms with Gasteiger partial charge < -0.3 is 15.5 Å². The zero-order chi connectivity index (χ0) is 21.3. The lowest BCUT2D eigenvalue weighted by Gasteiger charge is -2.48. The summed E-state index contributed by atoms with van der Waals surface area (Å²) in [5, 5.41) is 8.34. The Morgan fingerprint density at radius 3 is 2.48 bits per heavy atom. The van der Waals surface area contributed by atoms with Gasteiger partial charge in [-0.3, -0.25) is 9.89 Å². The molecule has 5 rings (SSSR count). The average Bonchev–Trinajstić information content (AvgIpc) is 2.79. The zero-order valence-electron chi connectivity index (χ0n) is 18.3. The lowest BCUT2D eigenvalue weighted by molar-refractivity contribution is 0.0853. The molecule has 2 aromatic rings. The van der Waals surface area contributed by atoms with Crippen LogP contribution in [0.1, 0.15) is 31.2 Å². The number of para-hydroxylation sites is 2. The van der Waals surface area contributed by atoms with E-state index in [1.165, 1.54) is 44.7 Å². The van der Waals surface area contributed by atoms with Gasteiger partial charge in [-0.15, -0.1) is 0 Å². The van der Waals surface area contributed by atoms with Crippen molar-refractivity contribution in [1.82, 2.24) is 9.80 Å². The normalized spacial score (nSPS) is 28.2. The second-order valence-corrected chi connectivity index (χ2v) is 9.68. The minimum Gasteiger partial charge on any atom is -0.371 e. The van der Waals surface area contributed by atoms with Crippen molar-refractivity contribution in [3.8, 4) is 0 Å². The quantitative estimate of drug-likeness (QED) is 0.730. The summed E-state index contributed by atoms with van der Waals surface area (Å²) in [6.45, 7) is 5.38. The van der Waals surface area contributed by atoms with E-state index in [1.54, 1.807) is 0 Å². The molecule has 2 fully saturated rings. The standard InChI is InChI=1S/C25H32ClN5/c1-30-13-15-31(16-14-30)21-9-11-25(12-10-21)24(27-18-19-5-4-6-20(26)17-19)28-22-7-2-3-8-23(22)29-25/h2-8,17,21,29H,9-16,18H2,1H3,(H,27,28). The Hall–Kier alpha value is -2.08. The van der Waals surface area contributed by atoms with E-state index >= 15 is 0 Å². The van der Waals surface area contributed by atoms with Crippen LogP contribution in [0.15, 0.2) is 53.5 Å². The van der Waals surface area contributed by atoms with Crippen LogP contribution in [0.5, 0.6) is 0 Å². The van der Waals surface area contributed by atoms with Crippen molar-refractivity contribution >= 4 is 28.8 Å². The third-order valence-electron chi connectivity index (χ3n) is 7.18. The molecule has 1 aliphatic carbocycles. The van der Waals surface area contributed by atoms with E-state index in [9.17, 15) is 0 Å². The Balaban J connectivity index is 1.36. The first kappa shape index (κ1) is 20.8. The number of amidine groups is 1. The molecule has 6 heteroatoms. The monoisotopic (exact) mass is 437 g/mol. The number of nitrogens with one attached hydrogen (secondary N) is 2. The Kier molecular flexibility index (Phi) is 5.91. The highest BCUT2D eigenvalue weighted by Gasteiger charge is 2.44. The predicted octanol–water partition coefficient (Wildman–Crippen LogP) is 4.70. The van der Waals surface area contributed by atoms with E-state index in [-0.39, 0.29) is 5.54 Å². The van der Waals surface area contributed by atoms with Crippen LogP contribution in [0.3, 0.4) is 0 Å². The molecule has 0 unspecified atom stereocenters. The number of hydrogen-bond acceptors (Lipinski definition) is 4. The van der Waals surface area contributed by atoms with Crippen molar-refractivity contribution in [2.24, 2.45) is 4.99 Å². The van der Waals surface area contributed by atoms with Crippen LogP contribution in [0.4, 0.5) is 11.4 Å². The summed E-state index contributed by atoms with van der Waals surface area (Å²) in [5.74, 6) is 1.07. The molecule has 2 aromatic carbocycles. The van der Waals surface area contributed by atoms with Gasteiger partial charge in [0.05, 0.1) is 23.5 Å². The van der Waals surface area contributed by atoms with E-state index in [0.717, 1.165) is 35.0 Å². The van der Waals surface area contributed by atoms with Gasteiger partial charge in [0.2, 0.25) is 0 Å². The molecule has 0 atom stereocenters. The van der Waals surface area contributed by atoms with Gasteiger partial charge in [0.25, 0.3) is 0 Å². The topological polar surface area (TPSA) is 42.9 Å². The molecule has 5 nitrogen and oxygen atoms in total. The van der Waals surface area contributed by atoms with Crippen LogP contribution in [0.25, 0.3) is 0 Å². The average molecular weight is 438 g/mol. The Labute approximate surface area is 190 Å². The number of halogens is 1. The summed E-state index contributed by atoms with van der Waals surface area (Å²) in [4.78, 5) is 10.2. The number of likely N-dealkylation sites (N-methyl/N-ethyl adjacent to an activating group) is 1. The molecular formula is C25H32ClN5. The summed E-state index contributed by atoms with van der Waals surface area (Å²) in [6, 6.07) is 17.2. The van der Waals surface area contributed by atoms with Crippen LogP contribution in [-0.4, -0.2) is 60.4 Å². The minimum atomic E-state index is -0.115. The lowest BCUT2D eigenvalue weighted by atomic mass is 9.76. The highest BCUT2D eigenvalue weighted by Crippen LogP contribution is 2.40. The lowest BCUT2D eigenvalue weighted by Crippen LogP contribution is -2.58. The summed E-state index contributed by atoms with van der Waals surface area (Å²) in [6.07, 6.45) is 4.60. The first-order valence-electron chi connectivity index (χ1n) is 11.5. The Morgan fingerprint density at radius 2 is 1.74 bits per heavy atom. The summed E-state index contributed by atoms with van der Waals surface area (Å²) in [5.41, 5.74) is 3.32. The van der Waals surface area contributed by atoms with Gasteiger partial charge >= 0.3 is 0 Å². The van der Waals surface area contributed by atoms with E-state index < -0.39 is 0 Å². The molecule has 0 amide bonds. The largest absolute Gasteiger partial charge is 0.371 e. The molecule has 2 N–H and O–H groups in total. The van der Waals surface area contributed by atoms with Gasteiger partial charge in [-0.25, -0.2) is 0 Å². The fourth-order valence-corrected chi connectivity index (χ4v) is 5.48. The number of nitrogens with zero attached hydrogens (tertiary/aromatic N) is 3. The predicted molar refractivity (Wildman–Crippen MR) is 130 cm³/mol. The Morgan fingerprint density at radius 1 is 1.00 bits per heavy atom. The van der Waals surface area contributed by atoms with Crippen molar-refractivity contribution in [1.29, 1.82) is 0 Å². The molecule has 1 saturated carbocycles. The van der Waals surface area contributed by atoms with E-state index in [0.29, 0.717) is 12.6 Å². The molecular weight excluding hydrogens is 406 g/mol. The minimum absolute atomic E-state index is 0.115. The number of fused-ring (bicyclic) bond motifs is 1. The number of hydrogen-bond donors (Lipinski definition) is 2. The molecule has 31 heavy (non-hydrogen) atoms. The maximum atomic E-state index is 6.19. The summed E-state index contributed by atoms with van der Waals surface area (Å²) >= 11 is 6.19. The molecule has 1 saturated heterocycles. The van der Waals surface area contributed by atoms with Crippen LogP contribution in [-0.2, 0) is 6.54 Å². The van der Waals surface area contributed by atoms with Gasteiger partial charge in [-0.1, -0.05) is 35.9 Å². The maximum absolute atomic E-state index is 6.19. The van der Waals surface area contributed by atoms with Crippen LogP contribution < -0.4 is 10.6 Å². The van der Waals surface area contributed by atoms with Gasteiger partial charge in [-0.05, 0) is 62.6 Å². The molecule has 2 aliphatic heterocycles. The van der Waals surface area contributed by atoms with Crippen molar-refractivity contribution in [3.63, 3.8) is 0 Å². The molecule has 0 bridgehead atoms. The van der Waals surface area contributed by atoms with E-state index in [4.69, 9.17) is 16.6 Å². The third-order valence-corrected chi connectivity index (χ3v) is 7.41. The summed E-state index contributed by atoms with van der Waals surface area (Å²) < 4.78 is 0. The number of anilines is 2. The smallest absolute Gasteiger partial charge is 0.127 e. The van der Waals surface area contributed by atoms with E-state index in [2.05, 4.69) is 57.8 Å². The first-order chi connectivity index (χ1) is 15.1. The fourth-order valence-electron chi connectivity index (χ4n) is 5.27. The van der Waals surface area contributed by atoms with Crippen LogP contribution in [0.2, 0.25) is 5.02 Å². The van der Waals surface area contributed by atoms with Crippen molar-refractivity contribution in [3.05, 3.63) is 59.1 Å². The molecule has 0 radical (unpaired) electrons. The fraction of sp³-hybridized carbons (Fsp3) is 0.480. The molecule has 2 heterocycles. The molecule has 1 spiro atoms. The molecule has 164 valence electrons. The number of rotatable bonds is 3. The van der Waals surface area contributed by atoms with Crippen molar-refractivity contribution < 1.29 is 0 Å². The van der Waals surface area contributed by atoms with Crippen LogP contribution >= 0.6 is 11.6 Å². The maximum Gasteiger partial charge on any atom is 0.127 e. The second kappa shape index (κ2) is 8.81. The van der Waals surface area contributed by atoms with Gasteiger partial charge in [0.1, 0.15) is 5.84 Å². The summed E-state index contributed by atoms with van der Waals surface area (Å²) in [7, 11) is 2.23. The molecule has 3 aliphatic rings. The Bertz CT molecular complexity index is 942. The van der Waals surface area contributed by atoms with E-state index in [1.807, 2.05) is 18.2 Å². The highest BCUT2D eigenvalue weighted by atomic mass is 35.5. The van der Waals surface area contributed by atoms with Crippen molar-refractivity contribution in [2.45, 2.75) is 43.8 Å². The molecule has 0 aromatic heterocycles. The van der Waals surface area contributed by atoms with Gasteiger partial charge in [0, 0.05) is 37.2 Å². The van der Waals surface area contributed by atoms with Gasteiger partial charge in [0.15, 0.2) is 0 Å². The highest BCUT2D eigenvalue weighted by molar-refractivity contribution is 6.30.